The number of benzene rings is 1. The fourth-order valence-electron chi connectivity index (χ4n) is 2.91. The molecule has 1 fully saturated rings. The van der Waals surface area contributed by atoms with E-state index in [-0.39, 0.29) is 0 Å². The Morgan fingerprint density at radius 1 is 1.32 bits per heavy atom. The maximum atomic E-state index is 10.1. The summed E-state index contributed by atoms with van der Waals surface area (Å²) in [5.74, 6) is 1.49. The van der Waals surface area contributed by atoms with Crippen molar-refractivity contribution in [3.8, 4) is 5.75 Å². The minimum absolute atomic E-state index is 0.317. The molecule has 4 nitrogen and oxygen atoms in total. The van der Waals surface area contributed by atoms with Gasteiger partial charge < -0.3 is 19.9 Å². The molecule has 0 aromatic heterocycles. The van der Waals surface area contributed by atoms with Crippen LogP contribution in [0.15, 0.2) is 18.2 Å². The predicted molar refractivity (Wildman–Crippen MR) is 88.4 cm³/mol. The van der Waals surface area contributed by atoms with E-state index in [0.29, 0.717) is 25.1 Å². The second-order valence-corrected chi connectivity index (χ2v) is 6.38. The van der Waals surface area contributed by atoms with Gasteiger partial charge in [-0.15, -0.1) is 0 Å². The molecule has 124 valence electrons. The van der Waals surface area contributed by atoms with Gasteiger partial charge in [-0.25, -0.2) is 0 Å². The highest BCUT2D eigenvalue weighted by atomic mass is 16.5. The largest absolute Gasteiger partial charge is 0.491 e. The average molecular weight is 307 g/mol. The highest BCUT2D eigenvalue weighted by Gasteiger charge is 2.20. The van der Waals surface area contributed by atoms with Gasteiger partial charge in [0.2, 0.25) is 0 Å². The number of ether oxygens (including phenoxy) is 2. The fraction of sp³-hybridized carbons (Fsp3) is 0.667. The number of rotatable bonds is 7. The maximum Gasteiger partial charge on any atom is 0.122 e. The summed E-state index contributed by atoms with van der Waals surface area (Å²) in [6, 6.07) is 6.49. The lowest BCUT2D eigenvalue weighted by molar-refractivity contribution is 0.0512. The lowest BCUT2D eigenvalue weighted by atomic mass is 9.93. The van der Waals surface area contributed by atoms with Crippen LogP contribution in [0.1, 0.15) is 30.9 Å². The highest BCUT2D eigenvalue weighted by molar-refractivity contribution is 5.35. The molecule has 2 unspecified atom stereocenters. The van der Waals surface area contributed by atoms with E-state index in [1.54, 1.807) is 0 Å². The van der Waals surface area contributed by atoms with E-state index >= 15 is 0 Å². The van der Waals surface area contributed by atoms with Gasteiger partial charge in [0.15, 0.2) is 0 Å². The molecule has 1 heterocycles. The number of aliphatic hydroxyl groups is 1. The third-order valence-electron chi connectivity index (χ3n) is 4.41. The third-order valence-corrected chi connectivity index (χ3v) is 4.41. The second kappa shape index (κ2) is 8.51. The van der Waals surface area contributed by atoms with Gasteiger partial charge in [0.25, 0.3) is 0 Å². The first-order valence-corrected chi connectivity index (χ1v) is 8.25. The van der Waals surface area contributed by atoms with Crippen molar-refractivity contribution in [1.29, 1.82) is 0 Å². The van der Waals surface area contributed by atoms with Gasteiger partial charge in [-0.1, -0.05) is 17.7 Å². The van der Waals surface area contributed by atoms with Crippen molar-refractivity contribution in [2.75, 3.05) is 26.4 Å². The Balaban J connectivity index is 1.70. The summed E-state index contributed by atoms with van der Waals surface area (Å²) >= 11 is 0. The summed E-state index contributed by atoms with van der Waals surface area (Å²) in [5.41, 5.74) is 2.33. The molecule has 1 aromatic carbocycles. The number of nitrogens with one attached hydrogen (secondary N) is 1. The smallest absolute Gasteiger partial charge is 0.122 e. The highest BCUT2D eigenvalue weighted by Crippen LogP contribution is 2.19. The molecule has 2 N–H and O–H groups in total. The zero-order valence-corrected chi connectivity index (χ0v) is 14.0. The van der Waals surface area contributed by atoms with Crippen LogP contribution in [-0.2, 0) is 4.74 Å². The van der Waals surface area contributed by atoms with Crippen LogP contribution < -0.4 is 10.1 Å². The quantitative estimate of drug-likeness (QED) is 0.812. The molecule has 0 aliphatic carbocycles. The van der Waals surface area contributed by atoms with Crippen molar-refractivity contribution in [3.63, 3.8) is 0 Å². The Morgan fingerprint density at radius 3 is 2.73 bits per heavy atom. The number of aliphatic hydroxyl groups excluding tert-OH is 1. The van der Waals surface area contributed by atoms with Gasteiger partial charge in [0.05, 0.1) is 0 Å². The summed E-state index contributed by atoms with van der Waals surface area (Å²) in [7, 11) is 0. The molecule has 4 heteroatoms. The van der Waals surface area contributed by atoms with Gasteiger partial charge in [0.1, 0.15) is 18.5 Å². The normalized spacial score (nSPS) is 18.9. The zero-order valence-electron chi connectivity index (χ0n) is 14.0. The van der Waals surface area contributed by atoms with Crippen LogP contribution in [0.4, 0.5) is 0 Å². The van der Waals surface area contributed by atoms with Crippen molar-refractivity contribution in [3.05, 3.63) is 29.3 Å². The Hall–Kier alpha value is -1.10. The standard InChI is InChI=1S/C18H29NO3/c1-13-4-5-18(14(2)10-13)22-12-17(20)11-19-15(3)16-6-8-21-9-7-16/h4-5,10,15-17,19-20H,6-9,11-12H2,1-3H3. The van der Waals surface area contributed by atoms with Crippen molar-refractivity contribution in [1.82, 2.24) is 5.32 Å². The van der Waals surface area contributed by atoms with E-state index in [1.807, 2.05) is 19.1 Å². The number of hydrogen-bond donors (Lipinski definition) is 2. The van der Waals surface area contributed by atoms with Gasteiger partial charge >= 0.3 is 0 Å². The molecule has 1 aliphatic rings. The van der Waals surface area contributed by atoms with Crippen molar-refractivity contribution in [2.24, 2.45) is 5.92 Å². The second-order valence-electron chi connectivity index (χ2n) is 6.38. The van der Waals surface area contributed by atoms with E-state index in [1.165, 1.54) is 5.56 Å². The van der Waals surface area contributed by atoms with E-state index in [2.05, 4.69) is 25.2 Å². The Kier molecular flexibility index (Phi) is 6.68. The molecule has 1 aromatic rings. The lowest BCUT2D eigenvalue weighted by Gasteiger charge is -2.29. The predicted octanol–water partition coefficient (Wildman–Crippen LogP) is 2.45. The number of hydrogen-bond acceptors (Lipinski definition) is 4. The molecule has 0 amide bonds. The molecule has 0 spiro atoms. The Bertz CT molecular complexity index is 458. The summed E-state index contributed by atoms with van der Waals surface area (Å²) in [6.45, 7) is 8.87. The average Bonchev–Trinajstić information content (AvgIpc) is 2.52. The Labute approximate surface area is 133 Å². The topological polar surface area (TPSA) is 50.7 Å². The SMILES string of the molecule is Cc1ccc(OCC(O)CNC(C)C2CCOCC2)c(C)c1. The minimum Gasteiger partial charge on any atom is -0.491 e. The van der Waals surface area contributed by atoms with E-state index in [0.717, 1.165) is 37.4 Å². The lowest BCUT2D eigenvalue weighted by Crippen LogP contribution is -2.41. The van der Waals surface area contributed by atoms with Crippen molar-refractivity contribution in [2.45, 2.75) is 45.8 Å². The molecule has 0 saturated carbocycles. The van der Waals surface area contributed by atoms with Crippen LogP contribution in [0.5, 0.6) is 5.75 Å². The summed E-state index contributed by atoms with van der Waals surface area (Å²) in [5, 5.41) is 13.5. The Morgan fingerprint density at radius 2 is 2.05 bits per heavy atom. The van der Waals surface area contributed by atoms with Gasteiger partial charge in [-0.05, 0) is 51.2 Å². The van der Waals surface area contributed by atoms with Gasteiger partial charge in [-0.2, -0.15) is 0 Å². The first kappa shape index (κ1) is 17.3. The van der Waals surface area contributed by atoms with Crippen LogP contribution in [0.3, 0.4) is 0 Å². The first-order chi connectivity index (χ1) is 10.6. The van der Waals surface area contributed by atoms with Crippen LogP contribution in [0.2, 0.25) is 0 Å². The summed E-state index contributed by atoms with van der Waals surface area (Å²) in [4.78, 5) is 0. The monoisotopic (exact) mass is 307 g/mol. The molecular weight excluding hydrogens is 278 g/mol. The van der Waals surface area contributed by atoms with Crippen molar-refractivity contribution < 1.29 is 14.6 Å². The number of aryl methyl sites for hydroxylation is 2. The molecule has 1 saturated heterocycles. The fourth-order valence-corrected chi connectivity index (χ4v) is 2.91. The van der Waals surface area contributed by atoms with E-state index < -0.39 is 6.10 Å². The van der Waals surface area contributed by atoms with E-state index in [4.69, 9.17) is 9.47 Å². The minimum atomic E-state index is -0.497. The molecule has 1 aliphatic heterocycles. The van der Waals surface area contributed by atoms with Crippen molar-refractivity contribution >= 4 is 0 Å². The molecular formula is C18H29NO3. The summed E-state index contributed by atoms with van der Waals surface area (Å²) in [6.07, 6.45) is 1.70. The maximum absolute atomic E-state index is 10.1. The molecule has 2 atom stereocenters. The van der Waals surface area contributed by atoms with Crippen LogP contribution in [0, 0.1) is 19.8 Å². The van der Waals surface area contributed by atoms with Crippen LogP contribution in [0.25, 0.3) is 0 Å². The molecule has 22 heavy (non-hydrogen) atoms. The first-order valence-electron chi connectivity index (χ1n) is 8.25. The zero-order chi connectivity index (χ0) is 15.9. The molecule has 0 bridgehead atoms. The molecule has 0 radical (unpaired) electrons. The third kappa shape index (κ3) is 5.27. The van der Waals surface area contributed by atoms with Crippen LogP contribution in [-0.4, -0.2) is 43.6 Å². The molecule has 2 rings (SSSR count). The summed E-state index contributed by atoms with van der Waals surface area (Å²) < 4.78 is 11.1. The van der Waals surface area contributed by atoms with Gasteiger partial charge in [0, 0.05) is 25.8 Å². The van der Waals surface area contributed by atoms with E-state index in [9.17, 15) is 5.11 Å². The van der Waals surface area contributed by atoms with Gasteiger partial charge in [-0.3, -0.25) is 0 Å². The van der Waals surface area contributed by atoms with Crippen LogP contribution >= 0.6 is 0 Å².